The highest BCUT2D eigenvalue weighted by Gasteiger charge is 2.69. The highest BCUT2D eigenvalue weighted by atomic mass is 16.5. The number of rotatable bonds is 17. The fourth-order valence-corrected chi connectivity index (χ4v) is 13.7. The summed E-state index contributed by atoms with van der Waals surface area (Å²) in [6.07, 6.45) is 22.7. The van der Waals surface area contributed by atoms with Crippen molar-refractivity contribution in [3.63, 3.8) is 0 Å². The molecule has 0 saturated heterocycles. The first-order valence-corrected chi connectivity index (χ1v) is 23.4. The smallest absolute Gasteiger partial charge is 0.326 e. The number of carboxylic acid groups (broad SMARTS) is 1. The van der Waals surface area contributed by atoms with E-state index in [1.54, 1.807) is 19.4 Å². The minimum absolute atomic E-state index is 0.00783. The van der Waals surface area contributed by atoms with Gasteiger partial charge in [0.25, 0.3) is 0 Å². The van der Waals surface area contributed by atoms with Gasteiger partial charge in [-0.2, -0.15) is 0 Å². The third-order valence-corrected chi connectivity index (χ3v) is 17.5. The number of unbranched alkanes of at least 4 members (excludes halogenated alkanes) is 7. The number of esters is 1. The average Bonchev–Trinajstić information content (AvgIpc) is 3.13. The first-order valence-electron chi connectivity index (χ1n) is 23.4. The topological polar surface area (TPSA) is 122 Å². The molecule has 8 heteroatoms. The molecule has 0 heterocycles. The lowest BCUT2D eigenvalue weighted by Crippen LogP contribution is -2.65. The highest BCUT2D eigenvalue weighted by Crippen LogP contribution is 2.76. The molecule has 2 amide bonds. The van der Waals surface area contributed by atoms with Gasteiger partial charge in [-0.15, -0.1) is 0 Å². The predicted octanol–water partition coefficient (Wildman–Crippen LogP) is 11.0. The number of ether oxygens (including phenoxy) is 1. The van der Waals surface area contributed by atoms with Crippen molar-refractivity contribution in [1.29, 1.82) is 0 Å². The van der Waals surface area contributed by atoms with E-state index in [1.807, 2.05) is 6.92 Å². The zero-order chi connectivity index (χ0) is 42.0. The Kier molecular flexibility index (Phi) is 14.2. The van der Waals surface area contributed by atoms with E-state index in [2.05, 4.69) is 65.2 Å². The maximum Gasteiger partial charge on any atom is 0.326 e. The molecule has 0 aromatic rings. The number of amides is 2. The summed E-state index contributed by atoms with van der Waals surface area (Å²) in [6.45, 7) is 23.7. The average molecular weight is 795 g/mol. The molecule has 0 aliphatic heterocycles. The molecule has 324 valence electrons. The van der Waals surface area contributed by atoms with Crippen LogP contribution in [0.2, 0.25) is 0 Å². The molecule has 0 aromatic heterocycles. The molecule has 9 atom stereocenters. The van der Waals surface area contributed by atoms with Crippen molar-refractivity contribution in [3.8, 4) is 0 Å². The van der Waals surface area contributed by atoms with Crippen LogP contribution in [0.15, 0.2) is 11.6 Å². The van der Waals surface area contributed by atoms with E-state index >= 15 is 0 Å². The Labute approximate surface area is 346 Å². The summed E-state index contributed by atoms with van der Waals surface area (Å²) in [5, 5.41) is 15.5. The Hall–Kier alpha value is -2.38. The van der Waals surface area contributed by atoms with Crippen molar-refractivity contribution in [3.05, 3.63) is 11.6 Å². The zero-order valence-corrected chi connectivity index (χ0v) is 37.9. The van der Waals surface area contributed by atoms with Crippen LogP contribution in [0.3, 0.4) is 0 Å². The van der Waals surface area contributed by atoms with E-state index in [0.717, 1.165) is 109 Å². The van der Waals surface area contributed by atoms with Gasteiger partial charge in [0.1, 0.15) is 12.1 Å². The molecule has 5 aliphatic rings. The lowest BCUT2D eigenvalue weighted by atomic mass is 9.33. The second kappa shape index (κ2) is 17.7. The van der Waals surface area contributed by atoms with Gasteiger partial charge in [0.2, 0.25) is 11.8 Å². The molecule has 5 rings (SSSR count). The second-order valence-electron chi connectivity index (χ2n) is 22.0. The van der Waals surface area contributed by atoms with E-state index < -0.39 is 12.0 Å². The van der Waals surface area contributed by atoms with Gasteiger partial charge in [-0.05, 0) is 122 Å². The maximum atomic E-state index is 14.5. The Morgan fingerprint density at radius 2 is 1.44 bits per heavy atom. The van der Waals surface area contributed by atoms with Crippen molar-refractivity contribution in [2.24, 2.45) is 56.2 Å². The van der Waals surface area contributed by atoms with E-state index in [-0.39, 0.29) is 56.4 Å². The molecule has 0 spiro atoms. The van der Waals surface area contributed by atoms with Crippen LogP contribution in [0.1, 0.15) is 198 Å². The summed E-state index contributed by atoms with van der Waals surface area (Å²) in [5.74, 6) is 0.344. The van der Waals surface area contributed by atoms with Crippen LogP contribution in [-0.2, 0) is 23.9 Å². The SMILES string of the molecule is CCC(=O)O[C@H]1CC[C@@]2(C)C(CC[C@]3(C)C2CC=C2C4CC(C)(C)CC[C@]4(C(=O)NCCCCCCCCCCC(=O)N[C@H](C(=O)O)C(C)C)CC[C@]23C)C1(C)C. The molecule has 57 heavy (non-hydrogen) atoms. The number of aliphatic carboxylic acids is 1. The van der Waals surface area contributed by atoms with Crippen molar-refractivity contribution >= 4 is 23.8 Å². The van der Waals surface area contributed by atoms with Crippen LogP contribution < -0.4 is 10.6 Å². The quantitative estimate of drug-likeness (QED) is 0.0766. The summed E-state index contributed by atoms with van der Waals surface area (Å²) in [6, 6.07) is -0.822. The predicted molar refractivity (Wildman–Crippen MR) is 228 cm³/mol. The number of fused-ring (bicyclic) bond motifs is 7. The standard InChI is InChI=1S/C49H82N2O6/c1-11-40(53)57-38-24-25-46(8)36(45(38,6)7)23-26-48(10)37(46)22-21-34-35-32-44(4,5)27-29-49(35,30-28-47(34,48)9)43(56)50-31-19-17-15-13-12-14-16-18-20-39(52)51-41(33(2)3)42(54)55/h21,33,35-38,41H,11-20,22-32H2,1-10H3,(H,50,56)(H,51,52)(H,54,55)/t35?,36?,37?,38-,41-,46-,47+,48+,49-/m0/s1. The zero-order valence-electron chi connectivity index (χ0n) is 37.9. The van der Waals surface area contributed by atoms with Gasteiger partial charge in [0.15, 0.2) is 0 Å². The molecule has 4 saturated carbocycles. The van der Waals surface area contributed by atoms with Crippen molar-refractivity contribution in [1.82, 2.24) is 10.6 Å². The number of allylic oxidation sites excluding steroid dienone is 2. The fraction of sp³-hybridized carbons (Fsp3) is 0.878. The largest absolute Gasteiger partial charge is 0.480 e. The monoisotopic (exact) mass is 795 g/mol. The molecule has 0 aromatic carbocycles. The second-order valence-corrected chi connectivity index (χ2v) is 22.0. The highest BCUT2D eigenvalue weighted by molar-refractivity contribution is 5.84. The Morgan fingerprint density at radius 3 is 2.07 bits per heavy atom. The van der Waals surface area contributed by atoms with Crippen LogP contribution in [0.25, 0.3) is 0 Å². The molecule has 3 unspecified atom stereocenters. The van der Waals surface area contributed by atoms with Crippen LogP contribution >= 0.6 is 0 Å². The Bertz CT molecular complexity index is 1500. The van der Waals surface area contributed by atoms with E-state index in [0.29, 0.717) is 36.5 Å². The number of carbonyl (C=O) groups excluding carboxylic acids is 3. The molecule has 0 bridgehead atoms. The molecular weight excluding hydrogens is 713 g/mol. The summed E-state index contributed by atoms with van der Waals surface area (Å²) in [4.78, 5) is 50.5. The van der Waals surface area contributed by atoms with Crippen LogP contribution in [0, 0.1) is 56.2 Å². The van der Waals surface area contributed by atoms with Gasteiger partial charge in [0.05, 0.1) is 5.41 Å². The summed E-state index contributed by atoms with van der Waals surface area (Å²) < 4.78 is 6.11. The first-order chi connectivity index (χ1) is 26.7. The Morgan fingerprint density at radius 1 is 0.807 bits per heavy atom. The van der Waals surface area contributed by atoms with Crippen molar-refractivity contribution < 1.29 is 29.0 Å². The normalized spacial score (nSPS) is 35.7. The fourth-order valence-electron chi connectivity index (χ4n) is 13.7. The molecule has 5 aliphatic carbocycles. The van der Waals surface area contributed by atoms with Crippen LogP contribution in [-0.4, -0.2) is 47.6 Å². The summed E-state index contributed by atoms with van der Waals surface area (Å²) in [5.41, 5.74) is 1.90. The third-order valence-electron chi connectivity index (χ3n) is 17.5. The van der Waals surface area contributed by atoms with Gasteiger partial charge in [-0.25, -0.2) is 4.79 Å². The van der Waals surface area contributed by atoms with Gasteiger partial charge >= 0.3 is 11.9 Å². The number of carboxylic acids is 1. The van der Waals surface area contributed by atoms with Crippen molar-refractivity contribution in [2.45, 2.75) is 210 Å². The van der Waals surface area contributed by atoms with Crippen LogP contribution in [0.4, 0.5) is 0 Å². The molecular formula is C49H82N2O6. The van der Waals surface area contributed by atoms with Gasteiger partial charge in [-0.3, -0.25) is 14.4 Å². The summed E-state index contributed by atoms with van der Waals surface area (Å²) >= 11 is 0. The minimum Gasteiger partial charge on any atom is -0.480 e. The molecule has 8 nitrogen and oxygen atoms in total. The molecule has 3 N–H and O–H groups in total. The lowest BCUT2D eigenvalue weighted by Gasteiger charge is -2.71. The number of nitrogens with one attached hydrogen (secondary N) is 2. The number of hydrogen-bond donors (Lipinski definition) is 3. The summed E-state index contributed by atoms with van der Waals surface area (Å²) in [7, 11) is 0. The third kappa shape index (κ3) is 8.91. The lowest BCUT2D eigenvalue weighted by molar-refractivity contribution is -0.212. The van der Waals surface area contributed by atoms with Crippen molar-refractivity contribution in [2.75, 3.05) is 6.54 Å². The Balaban J connectivity index is 1.15. The van der Waals surface area contributed by atoms with Gasteiger partial charge < -0.3 is 20.5 Å². The first kappa shape index (κ1) is 45.7. The van der Waals surface area contributed by atoms with Gasteiger partial charge in [0, 0.05) is 24.8 Å². The van der Waals surface area contributed by atoms with Crippen LogP contribution in [0.5, 0.6) is 0 Å². The number of hydrogen-bond acceptors (Lipinski definition) is 5. The van der Waals surface area contributed by atoms with Gasteiger partial charge in [-0.1, -0.05) is 119 Å². The molecule has 0 radical (unpaired) electrons. The maximum absolute atomic E-state index is 14.5. The van der Waals surface area contributed by atoms with E-state index in [1.165, 1.54) is 12.8 Å². The number of carbonyl (C=O) groups is 4. The van der Waals surface area contributed by atoms with E-state index in [9.17, 15) is 24.3 Å². The minimum atomic E-state index is -0.976. The van der Waals surface area contributed by atoms with E-state index in [4.69, 9.17) is 4.74 Å². The molecule has 4 fully saturated rings.